The summed E-state index contributed by atoms with van der Waals surface area (Å²) < 4.78 is 13.4. The van der Waals surface area contributed by atoms with Gasteiger partial charge in [-0.15, -0.1) is 24.0 Å². The largest absolute Gasteiger partial charge is 0.357 e. The van der Waals surface area contributed by atoms with E-state index in [1.807, 2.05) is 6.92 Å². The molecule has 0 aliphatic heterocycles. The molecule has 0 atom stereocenters. The lowest BCUT2D eigenvalue weighted by atomic mass is 10.1. The topological polar surface area (TPSA) is 65.5 Å². The van der Waals surface area contributed by atoms with Crippen molar-refractivity contribution in [1.29, 1.82) is 0 Å². The second-order valence-corrected chi connectivity index (χ2v) is 4.91. The average molecular weight is 436 g/mol. The van der Waals surface area contributed by atoms with Crippen LogP contribution in [-0.4, -0.2) is 38.0 Å². The third kappa shape index (κ3) is 8.15. The third-order valence-corrected chi connectivity index (χ3v) is 2.97. The number of halogens is 2. The molecule has 0 saturated heterocycles. The number of guanidine groups is 1. The number of carbonyl (C=O) groups is 1. The van der Waals surface area contributed by atoms with Crippen LogP contribution in [0.25, 0.3) is 0 Å². The van der Waals surface area contributed by atoms with E-state index in [4.69, 9.17) is 0 Å². The van der Waals surface area contributed by atoms with E-state index in [-0.39, 0.29) is 35.7 Å². The highest BCUT2D eigenvalue weighted by Crippen LogP contribution is 2.08. The molecule has 1 aromatic carbocycles. The second kappa shape index (κ2) is 12.1. The number of carbonyl (C=O) groups excluding carboxylic acids is 1. The van der Waals surface area contributed by atoms with Gasteiger partial charge in [0.25, 0.3) is 5.91 Å². The lowest BCUT2D eigenvalue weighted by Gasteiger charge is -2.11. The smallest absolute Gasteiger partial charge is 0.251 e. The molecule has 7 heteroatoms. The molecule has 1 aromatic rings. The summed E-state index contributed by atoms with van der Waals surface area (Å²) in [5.41, 5.74) is 0.857. The first-order chi connectivity index (χ1) is 10.6. The van der Waals surface area contributed by atoms with Crippen LogP contribution in [0.2, 0.25) is 0 Å². The van der Waals surface area contributed by atoms with E-state index in [0.29, 0.717) is 24.2 Å². The summed E-state index contributed by atoms with van der Waals surface area (Å²) in [6.07, 6.45) is 0.978. The maximum atomic E-state index is 13.4. The van der Waals surface area contributed by atoms with Crippen LogP contribution in [0.1, 0.15) is 36.2 Å². The molecule has 0 spiro atoms. The minimum atomic E-state index is -0.369. The summed E-state index contributed by atoms with van der Waals surface area (Å²) in [6.45, 7) is 8.25. The Morgan fingerprint density at radius 2 is 1.87 bits per heavy atom. The van der Waals surface area contributed by atoms with Gasteiger partial charge in [-0.3, -0.25) is 9.79 Å². The minimum absolute atomic E-state index is 0. The van der Waals surface area contributed by atoms with Gasteiger partial charge in [-0.25, -0.2) is 4.39 Å². The highest BCUT2D eigenvalue weighted by atomic mass is 127. The number of hydrogen-bond acceptors (Lipinski definition) is 2. The molecule has 0 saturated carbocycles. The van der Waals surface area contributed by atoms with E-state index in [0.717, 1.165) is 25.5 Å². The van der Waals surface area contributed by atoms with Gasteiger partial charge < -0.3 is 16.0 Å². The first kappa shape index (κ1) is 21.6. The van der Waals surface area contributed by atoms with Gasteiger partial charge in [0.15, 0.2) is 5.96 Å². The lowest BCUT2D eigenvalue weighted by Crippen LogP contribution is -2.41. The maximum Gasteiger partial charge on any atom is 0.251 e. The predicted octanol–water partition coefficient (Wildman–Crippen LogP) is 2.45. The van der Waals surface area contributed by atoms with Crippen molar-refractivity contribution in [3.8, 4) is 0 Å². The molecule has 0 bridgehead atoms. The summed E-state index contributed by atoms with van der Waals surface area (Å²) in [7, 11) is 0. The Kier molecular flexibility index (Phi) is 11.4. The number of hydrogen-bond donors (Lipinski definition) is 3. The van der Waals surface area contributed by atoms with E-state index < -0.39 is 0 Å². The SMILES string of the molecule is CCCN=C(NCC)NCCNC(=O)c1ccc(C)c(F)c1.I. The molecule has 0 aliphatic rings. The van der Waals surface area contributed by atoms with Crippen molar-refractivity contribution in [3.63, 3.8) is 0 Å². The zero-order valence-electron chi connectivity index (χ0n) is 13.9. The van der Waals surface area contributed by atoms with E-state index in [2.05, 4.69) is 27.9 Å². The summed E-state index contributed by atoms with van der Waals surface area (Å²) in [4.78, 5) is 16.3. The van der Waals surface area contributed by atoms with Crippen molar-refractivity contribution in [1.82, 2.24) is 16.0 Å². The molecular formula is C16H26FIN4O. The van der Waals surface area contributed by atoms with Crippen molar-refractivity contribution < 1.29 is 9.18 Å². The van der Waals surface area contributed by atoms with Gasteiger partial charge in [-0.05, 0) is 38.0 Å². The molecular weight excluding hydrogens is 410 g/mol. The molecule has 130 valence electrons. The van der Waals surface area contributed by atoms with Gasteiger partial charge in [-0.2, -0.15) is 0 Å². The molecule has 5 nitrogen and oxygen atoms in total. The summed E-state index contributed by atoms with van der Waals surface area (Å²) in [6, 6.07) is 4.47. The van der Waals surface area contributed by atoms with Crippen LogP contribution in [0.4, 0.5) is 4.39 Å². The summed E-state index contributed by atoms with van der Waals surface area (Å²) >= 11 is 0. The predicted molar refractivity (Wildman–Crippen MR) is 103 cm³/mol. The van der Waals surface area contributed by atoms with E-state index in [9.17, 15) is 9.18 Å². The fourth-order valence-electron chi connectivity index (χ4n) is 1.76. The quantitative estimate of drug-likeness (QED) is 0.266. The van der Waals surface area contributed by atoms with Crippen molar-refractivity contribution in [2.45, 2.75) is 27.2 Å². The first-order valence-electron chi connectivity index (χ1n) is 7.65. The molecule has 23 heavy (non-hydrogen) atoms. The van der Waals surface area contributed by atoms with E-state index in [1.165, 1.54) is 6.07 Å². The fraction of sp³-hybridized carbons (Fsp3) is 0.500. The lowest BCUT2D eigenvalue weighted by molar-refractivity contribution is 0.0954. The maximum absolute atomic E-state index is 13.4. The second-order valence-electron chi connectivity index (χ2n) is 4.91. The number of amides is 1. The van der Waals surface area contributed by atoms with Crippen LogP contribution in [0.15, 0.2) is 23.2 Å². The van der Waals surface area contributed by atoms with Gasteiger partial charge in [0.2, 0.25) is 0 Å². The summed E-state index contributed by atoms with van der Waals surface area (Å²) in [5.74, 6) is 0.0862. The summed E-state index contributed by atoms with van der Waals surface area (Å²) in [5, 5.41) is 9.01. The van der Waals surface area contributed by atoms with Crippen LogP contribution in [0, 0.1) is 12.7 Å². The van der Waals surface area contributed by atoms with Gasteiger partial charge >= 0.3 is 0 Å². The molecule has 0 radical (unpaired) electrons. The molecule has 1 amide bonds. The molecule has 0 heterocycles. The van der Waals surface area contributed by atoms with E-state index in [1.54, 1.807) is 19.1 Å². The minimum Gasteiger partial charge on any atom is -0.357 e. The molecule has 0 aliphatic carbocycles. The molecule has 0 unspecified atom stereocenters. The number of aryl methyl sites for hydroxylation is 1. The van der Waals surface area contributed by atoms with Gasteiger partial charge in [0, 0.05) is 31.7 Å². The van der Waals surface area contributed by atoms with Crippen molar-refractivity contribution >= 4 is 35.8 Å². The Hall–Kier alpha value is -1.38. The highest BCUT2D eigenvalue weighted by Gasteiger charge is 2.07. The zero-order valence-corrected chi connectivity index (χ0v) is 16.2. The van der Waals surface area contributed by atoms with Crippen molar-refractivity contribution in [2.75, 3.05) is 26.2 Å². The van der Waals surface area contributed by atoms with Crippen LogP contribution >= 0.6 is 24.0 Å². The Morgan fingerprint density at radius 3 is 2.48 bits per heavy atom. The number of rotatable bonds is 7. The van der Waals surface area contributed by atoms with E-state index >= 15 is 0 Å². The standard InChI is InChI=1S/C16H25FN4O.HI/c1-4-8-20-16(18-5-2)21-10-9-19-15(22)13-7-6-12(3)14(17)11-13;/h6-7,11H,4-5,8-10H2,1-3H3,(H,19,22)(H2,18,20,21);1H. The fourth-order valence-corrected chi connectivity index (χ4v) is 1.76. The van der Waals surface area contributed by atoms with Crippen LogP contribution < -0.4 is 16.0 Å². The molecule has 0 aromatic heterocycles. The molecule has 0 fully saturated rings. The van der Waals surface area contributed by atoms with Gasteiger partial charge in [0.05, 0.1) is 0 Å². The van der Waals surface area contributed by atoms with Gasteiger partial charge in [0.1, 0.15) is 5.82 Å². The van der Waals surface area contributed by atoms with Crippen LogP contribution in [0.3, 0.4) is 0 Å². The zero-order chi connectivity index (χ0) is 16.4. The number of nitrogens with one attached hydrogen (secondary N) is 3. The average Bonchev–Trinajstić information content (AvgIpc) is 2.51. The number of nitrogens with zero attached hydrogens (tertiary/aromatic N) is 1. The van der Waals surface area contributed by atoms with Gasteiger partial charge in [-0.1, -0.05) is 13.0 Å². The third-order valence-electron chi connectivity index (χ3n) is 2.97. The Labute approximate surface area is 154 Å². The molecule has 1 rings (SSSR count). The Bertz CT molecular complexity index is 523. The van der Waals surface area contributed by atoms with Crippen molar-refractivity contribution in [2.24, 2.45) is 4.99 Å². The number of aliphatic imine (C=N–C) groups is 1. The first-order valence-corrected chi connectivity index (χ1v) is 7.65. The normalized spacial score (nSPS) is 10.7. The highest BCUT2D eigenvalue weighted by molar-refractivity contribution is 14.0. The Morgan fingerprint density at radius 1 is 1.17 bits per heavy atom. The van der Waals surface area contributed by atoms with Crippen LogP contribution in [0.5, 0.6) is 0 Å². The number of benzene rings is 1. The Balaban J connectivity index is 0.00000484. The monoisotopic (exact) mass is 436 g/mol. The van der Waals surface area contributed by atoms with Crippen LogP contribution in [-0.2, 0) is 0 Å². The molecule has 3 N–H and O–H groups in total. The van der Waals surface area contributed by atoms with Crippen molar-refractivity contribution in [3.05, 3.63) is 35.1 Å².